The van der Waals surface area contributed by atoms with Crippen LogP contribution in [0.4, 0.5) is 0 Å². The fourth-order valence-electron chi connectivity index (χ4n) is 0.824. The molecule has 0 radical (unpaired) electrons. The van der Waals surface area contributed by atoms with Gasteiger partial charge in [-0.3, -0.25) is 4.79 Å². The molecule has 1 heterocycles. The van der Waals surface area contributed by atoms with Crippen LogP contribution >= 0.6 is 0 Å². The smallest absolute Gasteiger partial charge is 0.221 e. The molecule has 1 aromatic heterocycles. The zero-order valence-electron chi connectivity index (χ0n) is 6.90. The number of carbonyl (C=O) groups excluding carboxylic acids is 1. The highest BCUT2D eigenvalue weighted by Gasteiger charge is 1.92. The van der Waals surface area contributed by atoms with Gasteiger partial charge in [0.15, 0.2) is 0 Å². The molecule has 0 spiro atoms. The summed E-state index contributed by atoms with van der Waals surface area (Å²) in [6.45, 7) is 0. The number of amides is 1. The molecule has 0 aliphatic heterocycles. The number of imidazole rings is 1. The minimum atomic E-state index is -0.326. The molecule has 0 atom stereocenters. The van der Waals surface area contributed by atoms with Gasteiger partial charge in [0.1, 0.15) is 0 Å². The summed E-state index contributed by atoms with van der Waals surface area (Å²) in [6, 6.07) is 0. The Morgan fingerprint density at radius 3 is 3.08 bits per heavy atom. The molecule has 64 valence electrons. The van der Waals surface area contributed by atoms with E-state index in [1.165, 1.54) is 0 Å². The molecular weight excluding hydrogens is 154 g/mol. The van der Waals surface area contributed by atoms with Gasteiger partial charge in [0.05, 0.1) is 18.2 Å². The molecule has 0 aliphatic carbocycles. The van der Waals surface area contributed by atoms with Gasteiger partial charge in [-0.25, -0.2) is 4.98 Å². The number of hydrogen-bond acceptors (Lipinski definition) is 2. The third kappa shape index (κ3) is 2.23. The molecule has 0 bridgehead atoms. The third-order valence-electron chi connectivity index (χ3n) is 1.46. The highest BCUT2D eigenvalue weighted by molar-refractivity contribution is 5.76. The summed E-state index contributed by atoms with van der Waals surface area (Å²) in [5.74, 6) is -0.326. The summed E-state index contributed by atoms with van der Waals surface area (Å²) in [6.07, 6.45) is 7.23. The van der Waals surface area contributed by atoms with Crippen molar-refractivity contribution in [2.24, 2.45) is 12.8 Å². The van der Waals surface area contributed by atoms with Crippen molar-refractivity contribution >= 4 is 12.0 Å². The van der Waals surface area contributed by atoms with Crippen LogP contribution in [-0.2, 0) is 11.8 Å². The predicted molar refractivity (Wildman–Crippen MR) is 46.1 cm³/mol. The molecule has 2 N–H and O–H groups in total. The molecular formula is C8H11N3O. The normalized spacial score (nSPS) is 10.8. The van der Waals surface area contributed by atoms with Gasteiger partial charge < -0.3 is 10.3 Å². The van der Waals surface area contributed by atoms with Crippen molar-refractivity contribution in [1.82, 2.24) is 9.55 Å². The van der Waals surface area contributed by atoms with Gasteiger partial charge in [-0.1, -0.05) is 6.08 Å². The van der Waals surface area contributed by atoms with Crippen LogP contribution < -0.4 is 5.73 Å². The number of hydrogen-bond donors (Lipinski definition) is 1. The highest BCUT2D eigenvalue weighted by Crippen LogP contribution is 1.99. The zero-order chi connectivity index (χ0) is 8.97. The zero-order valence-corrected chi connectivity index (χ0v) is 6.90. The molecule has 1 aromatic rings. The maximum atomic E-state index is 10.4. The summed E-state index contributed by atoms with van der Waals surface area (Å²) in [5, 5.41) is 0. The lowest BCUT2D eigenvalue weighted by atomic mass is 10.3. The monoisotopic (exact) mass is 165 g/mol. The largest absolute Gasteiger partial charge is 0.369 e. The van der Waals surface area contributed by atoms with E-state index in [1.54, 1.807) is 18.6 Å². The van der Waals surface area contributed by atoms with E-state index in [9.17, 15) is 4.79 Å². The molecule has 4 heteroatoms. The lowest BCUT2D eigenvalue weighted by molar-refractivity contribution is -0.117. The van der Waals surface area contributed by atoms with Crippen molar-refractivity contribution in [3.05, 3.63) is 24.3 Å². The first-order valence-electron chi connectivity index (χ1n) is 3.61. The number of primary amides is 1. The Bertz CT molecular complexity index is 301. The molecule has 0 aromatic carbocycles. The third-order valence-corrected chi connectivity index (χ3v) is 1.46. The number of nitrogens with two attached hydrogens (primary N) is 1. The average Bonchev–Trinajstić information content (AvgIpc) is 2.36. The van der Waals surface area contributed by atoms with Crippen LogP contribution in [-0.4, -0.2) is 15.5 Å². The molecule has 0 aliphatic rings. The van der Waals surface area contributed by atoms with Gasteiger partial charge in [0, 0.05) is 13.5 Å². The highest BCUT2D eigenvalue weighted by atomic mass is 16.1. The topological polar surface area (TPSA) is 60.9 Å². The average molecular weight is 165 g/mol. The van der Waals surface area contributed by atoms with Crippen molar-refractivity contribution in [3.8, 4) is 0 Å². The van der Waals surface area contributed by atoms with E-state index in [2.05, 4.69) is 4.98 Å². The van der Waals surface area contributed by atoms with Crippen LogP contribution in [0.15, 0.2) is 18.6 Å². The van der Waals surface area contributed by atoms with Gasteiger partial charge in [0.25, 0.3) is 0 Å². The van der Waals surface area contributed by atoms with E-state index in [0.29, 0.717) is 0 Å². The second-order valence-corrected chi connectivity index (χ2v) is 2.50. The fraction of sp³-hybridized carbons (Fsp3) is 0.250. The van der Waals surface area contributed by atoms with E-state index in [-0.39, 0.29) is 12.3 Å². The Morgan fingerprint density at radius 2 is 2.58 bits per heavy atom. The van der Waals surface area contributed by atoms with Crippen LogP contribution in [0.5, 0.6) is 0 Å². The molecule has 0 unspecified atom stereocenters. The van der Waals surface area contributed by atoms with E-state index < -0.39 is 0 Å². The maximum Gasteiger partial charge on any atom is 0.221 e. The van der Waals surface area contributed by atoms with Crippen LogP contribution in [0.3, 0.4) is 0 Å². The first-order chi connectivity index (χ1) is 5.70. The van der Waals surface area contributed by atoms with Crippen molar-refractivity contribution in [1.29, 1.82) is 0 Å². The van der Waals surface area contributed by atoms with Gasteiger partial charge >= 0.3 is 0 Å². The van der Waals surface area contributed by atoms with E-state index >= 15 is 0 Å². The van der Waals surface area contributed by atoms with Crippen molar-refractivity contribution < 1.29 is 4.79 Å². The Hall–Kier alpha value is -1.58. The summed E-state index contributed by atoms with van der Waals surface area (Å²) in [5.41, 5.74) is 5.91. The van der Waals surface area contributed by atoms with Gasteiger partial charge in [0.2, 0.25) is 5.91 Å². The predicted octanol–water partition coefficient (Wildman–Crippen LogP) is 0.309. The van der Waals surface area contributed by atoms with Crippen LogP contribution in [0.1, 0.15) is 12.1 Å². The molecule has 1 rings (SSSR count). The Morgan fingerprint density at radius 1 is 1.83 bits per heavy atom. The Kier molecular flexibility index (Phi) is 2.63. The number of aryl methyl sites for hydroxylation is 1. The molecule has 0 fully saturated rings. The molecule has 4 nitrogen and oxygen atoms in total. The van der Waals surface area contributed by atoms with Crippen molar-refractivity contribution in [3.63, 3.8) is 0 Å². The van der Waals surface area contributed by atoms with Crippen LogP contribution in [0.25, 0.3) is 6.08 Å². The minimum absolute atomic E-state index is 0.269. The maximum absolute atomic E-state index is 10.4. The Balaban J connectivity index is 2.57. The fourth-order valence-corrected chi connectivity index (χ4v) is 0.824. The summed E-state index contributed by atoms with van der Waals surface area (Å²) >= 11 is 0. The summed E-state index contributed by atoms with van der Waals surface area (Å²) < 4.78 is 1.86. The molecule has 1 amide bonds. The minimum Gasteiger partial charge on any atom is -0.369 e. The quantitative estimate of drug-likeness (QED) is 0.700. The van der Waals surface area contributed by atoms with Crippen LogP contribution in [0.2, 0.25) is 0 Å². The first kappa shape index (κ1) is 8.52. The van der Waals surface area contributed by atoms with Crippen molar-refractivity contribution in [2.75, 3.05) is 0 Å². The number of aromatic nitrogens is 2. The molecule has 0 saturated heterocycles. The second-order valence-electron chi connectivity index (χ2n) is 2.50. The second kappa shape index (κ2) is 3.71. The lowest BCUT2D eigenvalue weighted by Gasteiger charge is -1.92. The van der Waals surface area contributed by atoms with Crippen molar-refractivity contribution in [2.45, 2.75) is 6.42 Å². The first-order valence-corrected chi connectivity index (χ1v) is 3.61. The summed E-state index contributed by atoms with van der Waals surface area (Å²) in [4.78, 5) is 14.3. The van der Waals surface area contributed by atoms with Gasteiger partial charge in [-0.2, -0.15) is 0 Å². The standard InChI is InChI=1S/C8H11N3O/c1-11-6-10-5-7(11)3-2-4-8(9)12/h2-3,5-6H,4H2,1H3,(H2,9,12). The summed E-state index contributed by atoms with van der Waals surface area (Å²) in [7, 11) is 1.89. The van der Waals surface area contributed by atoms with Crippen LogP contribution in [0, 0.1) is 0 Å². The van der Waals surface area contributed by atoms with Gasteiger partial charge in [-0.05, 0) is 6.08 Å². The van der Waals surface area contributed by atoms with Gasteiger partial charge in [-0.15, -0.1) is 0 Å². The lowest BCUT2D eigenvalue weighted by Crippen LogP contribution is -2.07. The molecule has 12 heavy (non-hydrogen) atoms. The number of nitrogens with zero attached hydrogens (tertiary/aromatic N) is 2. The van der Waals surface area contributed by atoms with E-state index in [4.69, 9.17) is 5.73 Å². The van der Waals surface area contributed by atoms with E-state index in [0.717, 1.165) is 5.69 Å². The molecule has 0 saturated carbocycles. The number of rotatable bonds is 3. The number of carbonyl (C=O) groups is 1. The SMILES string of the molecule is Cn1cncc1C=CCC(N)=O. The van der Waals surface area contributed by atoms with E-state index in [1.807, 2.05) is 17.7 Å². The Labute approximate surface area is 70.7 Å².